The van der Waals surface area contributed by atoms with Crippen molar-refractivity contribution in [3.63, 3.8) is 0 Å². The lowest BCUT2D eigenvalue weighted by Gasteiger charge is -2.51. The van der Waals surface area contributed by atoms with E-state index in [-0.39, 0.29) is 11.8 Å². The van der Waals surface area contributed by atoms with Crippen LogP contribution < -0.4 is 10.2 Å². The summed E-state index contributed by atoms with van der Waals surface area (Å²) in [6, 6.07) is 27.3. The molecule has 0 saturated carbocycles. The number of nitrogens with zero attached hydrogens (tertiary/aromatic N) is 2. The molecule has 0 aliphatic carbocycles. The Morgan fingerprint density at radius 2 is 1.62 bits per heavy atom. The Kier molecular flexibility index (Phi) is 4.94. The van der Waals surface area contributed by atoms with Gasteiger partial charge in [-0.25, -0.2) is 0 Å². The largest absolute Gasteiger partial charge is 0.470 e. The first-order chi connectivity index (χ1) is 15.7. The van der Waals surface area contributed by atoms with Crippen LogP contribution in [0.15, 0.2) is 84.9 Å². The minimum Gasteiger partial charge on any atom is -0.470 e. The third kappa shape index (κ3) is 3.49. The van der Waals surface area contributed by atoms with Gasteiger partial charge in [-0.3, -0.25) is 4.90 Å². The van der Waals surface area contributed by atoms with Gasteiger partial charge in [0, 0.05) is 43.1 Å². The minimum atomic E-state index is -0.364. The third-order valence-corrected chi connectivity index (χ3v) is 7.11. The van der Waals surface area contributed by atoms with Crippen LogP contribution in [-0.4, -0.2) is 28.7 Å². The average Bonchev–Trinajstić information content (AvgIpc) is 3.29. The van der Waals surface area contributed by atoms with E-state index in [0.29, 0.717) is 0 Å². The van der Waals surface area contributed by atoms with Crippen molar-refractivity contribution in [2.75, 3.05) is 13.1 Å². The summed E-state index contributed by atoms with van der Waals surface area (Å²) in [4.78, 5) is 2.53. The van der Waals surface area contributed by atoms with Crippen LogP contribution in [0.2, 0.25) is 5.02 Å². The molecule has 0 aromatic heterocycles. The molecular weight excluding hydrogens is 418 g/mol. The molecule has 0 bridgehead atoms. The molecule has 1 unspecified atom stereocenters. The van der Waals surface area contributed by atoms with E-state index in [1.165, 1.54) is 11.1 Å². The van der Waals surface area contributed by atoms with Gasteiger partial charge in [-0.05, 0) is 35.4 Å². The Morgan fingerprint density at radius 1 is 0.906 bits per heavy atom. The summed E-state index contributed by atoms with van der Waals surface area (Å²) in [5.74, 6) is 1.00. The van der Waals surface area contributed by atoms with Crippen LogP contribution in [-0.2, 0) is 6.54 Å². The molecule has 0 radical (unpaired) electrons. The maximum atomic E-state index is 6.76. The minimum absolute atomic E-state index is 0.145. The summed E-state index contributed by atoms with van der Waals surface area (Å²) in [5, 5.41) is 3.10. The maximum absolute atomic E-state index is 6.76. The fourth-order valence-corrected chi connectivity index (χ4v) is 5.29. The molecule has 1 N–H and O–H groups in total. The number of para-hydroxylation sites is 1. The summed E-state index contributed by atoms with van der Waals surface area (Å²) in [7, 11) is 0. The Balaban J connectivity index is 1.28. The first kappa shape index (κ1) is 19.9. The van der Waals surface area contributed by atoms with Crippen LogP contribution in [0.5, 0.6) is 5.75 Å². The van der Waals surface area contributed by atoms with Gasteiger partial charge in [0.25, 0.3) is 0 Å². The van der Waals surface area contributed by atoms with E-state index < -0.39 is 0 Å². The lowest BCUT2D eigenvalue weighted by atomic mass is 9.92. The second-order valence-electron chi connectivity index (χ2n) is 8.86. The molecule has 3 aliphatic heterocycles. The van der Waals surface area contributed by atoms with Crippen molar-refractivity contribution in [2.24, 2.45) is 0 Å². The molecule has 1 spiro atoms. The molecule has 3 aromatic carbocycles. The fourth-order valence-electron chi connectivity index (χ4n) is 5.16. The summed E-state index contributed by atoms with van der Waals surface area (Å²) < 4.78 is 6.76. The van der Waals surface area contributed by atoms with Gasteiger partial charge in [-0.1, -0.05) is 72.3 Å². The number of rotatable bonds is 3. The van der Waals surface area contributed by atoms with Crippen molar-refractivity contribution in [3.8, 4) is 5.75 Å². The van der Waals surface area contributed by atoms with Crippen LogP contribution in [0.4, 0.5) is 0 Å². The number of piperidine rings is 1. The highest BCUT2D eigenvalue weighted by atomic mass is 35.5. The molecule has 6 rings (SSSR count). The van der Waals surface area contributed by atoms with Gasteiger partial charge in [0.1, 0.15) is 5.75 Å². The quantitative estimate of drug-likeness (QED) is 0.568. The van der Waals surface area contributed by atoms with Crippen molar-refractivity contribution in [1.29, 1.82) is 0 Å². The van der Waals surface area contributed by atoms with Gasteiger partial charge in [-0.15, -0.1) is 0 Å². The molecule has 3 aliphatic rings. The van der Waals surface area contributed by atoms with Crippen molar-refractivity contribution in [3.05, 3.63) is 107 Å². The first-order valence-corrected chi connectivity index (χ1v) is 11.7. The van der Waals surface area contributed by atoms with Crippen molar-refractivity contribution in [2.45, 2.75) is 31.2 Å². The number of hydrogen-bond donors (Lipinski definition) is 1. The molecular formula is C27H26ClN3O. The number of hydrazine groups is 1. The molecule has 0 amide bonds. The Bertz CT molecular complexity index is 1140. The predicted octanol–water partition coefficient (Wildman–Crippen LogP) is 5.63. The second kappa shape index (κ2) is 7.96. The van der Waals surface area contributed by atoms with Crippen LogP contribution in [0.3, 0.4) is 0 Å². The van der Waals surface area contributed by atoms with Crippen LogP contribution in [0.25, 0.3) is 5.70 Å². The SMILES string of the molecule is Clc1ccc(C2=CC3c4ccccc4OC4(CCN(Cc5ccccc5)CC4)N3N2)cc1. The number of nitrogens with one attached hydrogen (secondary N) is 1. The molecule has 3 aromatic rings. The predicted molar refractivity (Wildman–Crippen MR) is 128 cm³/mol. The average molecular weight is 444 g/mol. The topological polar surface area (TPSA) is 27.7 Å². The number of likely N-dealkylation sites (tertiary alicyclic amines) is 1. The number of fused-ring (bicyclic) bond motifs is 4. The van der Waals surface area contributed by atoms with E-state index in [9.17, 15) is 0 Å². The number of halogens is 1. The number of benzene rings is 3. The molecule has 5 heteroatoms. The Labute approximate surface area is 194 Å². The third-order valence-electron chi connectivity index (χ3n) is 6.86. The van der Waals surface area contributed by atoms with E-state index in [1.54, 1.807) is 0 Å². The standard InChI is InChI=1S/C27H26ClN3O/c28-22-12-10-21(11-13-22)24-18-25-23-8-4-5-9-26(23)32-27(31(25)29-24)14-16-30(17-15-27)19-20-6-2-1-3-7-20/h1-13,18,25,29H,14-17,19H2. The normalized spacial score (nSPS) is 21.9. The smallest absolute Gasteiger partial charge is 0.182 e. The summed E-state index contributed by atoms with van der Waals surface area (Å²) in [6.07, 6.45) is 4.21. The van der Waals surface area contributed by atoms with E-state index in [0.717, 1.165) is 54.5 Å². The van der Waals surface area contributed by atoms with Crippen LogP contribution in [0, 0.1) is 0 Å². The monoisotopic (exact) mass is 443 g/mol. The zero-order chi connectivity index (χ0) is 21.5. The number of ether oxygens (including phenoxy) is 1. The highest BCUT2D eigenvalue weighted by Crippen LogP contribution is 2.48. The molecule has 1 atom stereocenters. The molecule has 1 saturated heterocycles. The molecule has 32 heavy (non-hydrogen) atoms. The molecule has 4 nitrogen and oxygen atoms in total. The molecule has 3 heterocycles. The van der Waals surface area contributed by atoms with Crippen molar-refractivity contribution < 1.29 is 4.74 Å². The maximum Gasteiger partial charge on any atom is 0.182 e. The summed E-state index contributed by atoms with van der Waals surface area (Å²) >= 11 is 6.12. The second-order valence-corrected chi connectivity index (χ2v) is 9.30. The van der Waals surface area contributed by atoms with E-state index >= 15 is 0 Å². The number of hydrogen-bond acceptors (Lipinski definition) is 4. The molecule has 162 valence electrons. The van der Waals surface area contributed by atoms with Gasteiger partial charge in [-0.2, -0.15) is 5.01 Å². The molecule has 1 fully saturated rings. The van der Waals surface area contributed by atoms with E-state index in [4.69, 9.17) is 16.3 Å². The Hall–Kier alpha value is -2.79. The summed E-state index contributed by atoms with van der Waals surface area (Å²) in [6.45, 7) is 2.98. The van der Waals surface area contributed by atoms with Crippen LogP contribution in [0.1, 0.15) is 35.6 Å². The highest BCUT2D eigenvalue weighted by molar-refractivity contribution is 6.30. The van der Waals surface area contributed by atoms with Crippen molar-refractivity contribution in [1.82, 2.24) is 15.3 Å². The van der Waals surface area contributed by atoms with Gasteiger partial charge in [0.05, 0.1) is 11.7 Å². The van der Waals surface area contributed by atoms with E-state index in [2.05, 4.69) is 88.1 Å². The summed E-state index contributed by atoms with van der Waals surface area (Å²) in [5.41, 5.74) is 8.16. The Morgan fingerprint density at radius 3 is 2.41 bits per heavy atom. The van der Waals surface area contributed by atoms with Crippen molar-refractivity contribution >= 4 is 17.3 Å². The van der Waals surface area contributed by atoms with E-state index in [1.807, 2.05) is 12.1 Å². The van der Waals surface area contributed by atoms with Gasteiger partial charge in [0.2, 0.25) is 0 Å². The fraction of sp³-hybridized carbons (Fsp3) is 0.259. The first-order valence-electron chi connectivity index (χ1n) is 11.3. The highest BCUT2D eigenvalue weighted by Gasteiger charge is 2.51. The van der Waals surface area contributed by atoms with Gasteiger partial charge >= 0.3 is 0 Å². The van der Waals surface area contributed by atoms with Gasteiger partial charge in [0.15, 0.2) is 5.72 Å². The van der Waals surface area contributed by atoms with Crippen LogP contribution >= 0.6 is 11.6 Å². The lowest BCUT2D eigenvalue weighted by molar-refractivity contribution is -0.160. The zero-order valence-electron chi connectivity index (χ0n) is 17.9. The van der Waals surface area contributed by atoms with Gasteiger partial charge < -0.3 is 10.2 Å². The zero-order valence-corrected chi connectivity index (χ0v) is 18.6. The lowest BCUT2D eigenvalue weighted by Crippen LogP contribution is -2.63.